The van der Waals surface area contributed by atoms with Crippen LogP contribution in [0, 0.1) is 0 Å². The second kappa shape index (κ2) is 10.6. The maximum absolute atomic E-state index is 5.63. The van der Waals surface area contributed by atoms with E-state index in [1.807, 2.05) is 20.4 Å². The third-order valence-corrected chi connectivity index (χ3v) is 4.06. The van der Waals surface area contributed by atoms with Gasteiger partial charge in [-0.05, 0) is 33.2 Å². The highest BCUT2D eigenvalue weighted by Gasteiger charge is 2.06. The van der Waals surface area contributed by atoms with Gasteiger partial charge in [-0.15, -0.1) is 0 Å². The van der Waals surface area contributed by atoms with Gasteiger partial charge in [0.2, 0.25) is 0 Å². The van der Waals surface area contributed by atoms with E-state index in [4.69, 9.17) is 14.6 Å². The van der Waals surface area contributed by atoms with Crippen LogP contribution in [0.25, 0.3) is 0 Å². The van der Waals surface area contributed by atoms with Gasteiger partial charge in [0.15, 0.2) is 0 Å². The minimum atomic E-state index is -1.20. The lowest BCUT2D eigenvalue weighted by molar-refractivity contribution is 0.219. The molecule has 1 aliphatic rings. The van der Waals surface area contributed by atoms with E-state index in [0.717, 1.165) is 13.2 Å². The van der Waals surface area contributed by atoms with E-state index in [1.54, 1.807) is 0 Å². The number of hydrogen-bond donors (Lipinski definition) is 1. The van der Waals surface area contributed by atoms with Crippen LogP contribution in [0.1, 0.15) is 46.0 Å². The van der Waals surface area contributed by atoms with Crippen molar-refractivity contribution in [2.24, 2.45) is 5.73 Å². The molecule has 15 heavy (non-hydrogen) atoms. The number of hydrogen-bond acceptors (Lipinski definition) is 3. The van der Waals surface area contributed by atoms with Crippen molar-refractivity contribution < 1.29 is 8.85 Å². The molecule has 0 bridgehead atoms. The van der Waals surface area contributed by atoms with Crippen molar-refractivity contribution in [3.8, 4) is 0 Å². The first-order valence-corrected chi connectivity index (χ1v) is 8.29. The van der Waals surface area contributed by atoms with Gasteiger partial charge in [0, 0.05) is 19.3 Å². The normalized spacial score (nSPS) is 17.4. The average Bonchev–Trinajstić information content (AvgIpc) is 2.20. The van der Waals surface area contributed by atoms with E-state index in [-0.39, 0.29) is 0 Å². The molecule has 0 saturated heterocycles. The Balaban J connectivity index is 0.000000262. The Morgan fingerprint density at radius 1 is 1.07 bits per heavy atom. The van der Waals surface area contributed by atoms with Crippen LogP contribution in [0.15, 0.2) is 0 Å². The van der Waals surface area contributed by atoms with E-state index >= 15 is 0 Å². The molecule has 1 aliphatic carbocycles. The van der Waals surface area contributed by atoms with Crippen molar-refractivity contribution >= 4 is 9.28 Å². The molecule has 1 fully saturated rings. The van der Waals surface area contributed by atoms with Gasteiger partial charge in [0.05, 0.1) is 0 Å². The number of nitrogens with two attached hydrogens (primary N) is 1. The second-order valence-corrected chi connectivity index (χ2v) is 5.68. The van der Waals surface area contributed by atoms with Gasteiger partial charge in [-0.25, -0.2) is 0 Å². The van der Waals surface area contributed by atoms with Gasteiger partial charge >= 0.3 is 9.28 Å². The molecule has 0 amide bonds. The van der Waals surface area contributed by atoms with Crippen molar-refractivity contribution in [3.63, 3.8) is 0 Å². The fraction of sp³-hybridized carbons (Fsp3) is 1.00. The smallest absolute Gasteiger partial charge is 0.318 e. The Morgan fingerprint density at radius 2 is 1.53 bits per heavy atom. The summed E-state index contributed by atoms with van der Waals surface area (Å²) in [5, 5.41) is 0. The van der Waals surface area contributed by atoms with Crippen LogP contribution >= 0.6 is 0 Å². The molecule has 2 N–H and O–H groups in total. The fourth-order valence-electron chi connectivity index (χ4n) is 1.65. The molecular weight excluding hydrogens is 206 g/mol. The summed E-state index contributed by atoms with van der Waals surface area (Å²) in [5.74, 6) is 0. The molecule has 0 unspecified atom stereocenters. The minimum absolute atomic E-state index is 0.536. The van der Waals surface area contributed by atoms with Gasteiger partial charge in [-0.3, -0.25) is 0 Å². The molecule has 0 atom stereocenters. The predicted octanol–water partition coefficient (Wildman–Crippen LogP) is 2.19. The zero-order valence-electron chi connectivity index (χ0n) is 10.5. The molecule has 3 nitrogen and oxygen atoms in total. The maximum Gasteiger partial charge on any atom is 0.318 e. The lowest BCUT2D eigenvalue weighted by atomic mass is 9.97. The SMILES string of the molecule is CCO[SiH](C)OCC.NC1CCCCC1. The van der Waals surface area contributed by atoms with Gasteiger partial charge in [-0.2, -0.15) is 0 Å². The highest BCUT2D eigenvalue weighted by molar-refractivity contribution is 6.42. The topological polar surface area (TPSA) is 44.5 Å². The molecular formula is C11H27NO2Si. The number of rotatable bonds is 4. The van der Waals surface area contributed by atoms with Crippen molar-refractivity contribution in [2.45, 2.75) is 58.5 Å². The molecule has 0 spiro atoms. The van der Waals surface area contributed by atoms with E-state index < -0.39 is 9.28 Å². The molecule has 1 rings (SSSR count). The Kier molecular flexibility index (Phi) is 10.7. The molecule has 4 heteroatoms. The van der Waals surface area contributed by atoms with Crippen molar-refractivity contribution in [1.82, 2.24) is 0 Å². The third-order valence-electron chi connectivity index (χ3n) is 2.45. The average molecular weight is 233 g/mol. The third kappa shape index (κ3) is 10.4. The highest BCUT2D eigenvalue weighted by Crippen LogP contribution is 2.14. The van der Waals surface area contributed by atoms with Crippen LogP contribution in [0.3, 0.4) is 0 Å². The first kappa shape index (κ1) is 15.1. The standard InChI is InChI=1S/C6H13N.C5H14O2Si/c7-6-4-2-1-3-5-6;1-4-6-8(3)7-5-2/h6H,1-5,7H2;8H,4-5H2,1-3H3. The molecule has 0 aromatic heterocycles. The molecule has 0 aliphatic heterocycles. The van der Waals surface area contributed by atoms with E-state index in [9.17, 15) is 0 Å². The zero-order chi connectivity index (χ0) is 11.5. The summed E-state index contributed by atoms with van der Waals surface area (Å²) in [6, 6.07) is 0.536. The highest BCUT2D eigenvalue weighted by atomic mass is 28.3. The van der Waals surface area contributed by atoms with Gasteiger partial charge in [0.25, 0.3) is 0 Å². The van der Waals surface area contributed by atoms with E-state index in [2.05, 4.69) is 0 Å². The van der Waals surface area contributed by atoms with Gasteiger partial charge in [0.1, 0.15) is 0 Å². The van der Waals surface area contributed by atoms with Crippen molar-refractivity contribution in [2.75, 3.05) is 13.2 Å². The molecule has 0 radical (unpaired) electrons. The summed E-state index contributed by atoms with van der Waals surface area (Å²) in [6.45, 7) is 7.58. The van der Waals surface area contributed by atoms with Crippen LogP contribution in [0.4, 0.5) is 0 Å². The minimum Gasteiger partial charge on any atom is -0.397 e. The van der Waals surface area contributed by atoms with E-state index in [0.29, 0.717) is 6.04 Å². The summed E-state index contributed by atoms with van der Waals surface area (Å²) in [6.07, 6.45) is 6.66. The molecule has 0 heterocycles. The first-order chi connectivity index (χ1) is 7.20. The van der Waals surface area contributed by atoms with Crippen LogP contribution in [-0.4, -0.2) is 28.5 Å². The first-order valence-electron chi connectivity index (χ1n) is 6.19. The Morgan fingerprint density at radius 3 is 1.80 bits per heavy atom. The predicted molar refractivity (Wildman–Crippen MR) is 67.3 cm³/mol. The van der Waals surface area contributed by atoms with Crippen LogP contribution in [0.5, 0.6) is 0 Å². The molecule has 0 aromatic rings. The van der Waals surface area contributed by atoms with Crippen molar-refractivity contribution in [1.29, 1.82) is 0 Å². The van der Waals surface area contributed by atoms with Crippen LogP contribution in [0.2, 0.25) is 6.55 Å². The summed E-state index contributed by atoms with van der Waals surface area (Å²) >= 11 is 0. The summed E-state index contributed by atoms with van der Waals surface area (Å²) in [5.41, 5.74) is 5.63. The molecule has 92 valence electrons. The molecule has 0 aromatic carbocycles. The molecule has 1 saturated carbocycles. The lowest BCUT2D eigenvalue weighted by Crippen LogP contribution is -2.22. The maximum atomic E-state index is 5.63. The zero-order valence-corrected chi connectivity index (χ0v) is 11.7. The van der Waals surface area contributed by atoms with Gasteiger partial charge in [-0.1, -0.05) is 19.3 Å². The van der Waals surface area contributed by atoms with Crippen molar-refractivity contribution in [3.05, 3.63) is 0 Å². The van der Waals surface area contributed by atoms with Crippen LogP contribution in [-0.2, 0) is 8.85 Å². The monoisotopic (exact) mass is 233 g/mol. The summed E-state index contributed by atoms with van der Waals surface area (Å²) in [7, 11) is -1.20. The summed E-state index contributed by atoms with van der Waals surface area (Å²) < 4.78 is 10.4. The Labute approximate surface area is 96.2 Å². The van der Waals surface area contributed by atoms with Gasteiger partial charge < -0.3 is 14.6 Å². The largest absolute Gasteiger partial charge is 0.397 e. The Hall–Kier alpha value is 0.0969. The van der Waals surface area contributed by atoms with E-state index in [1.165, 1.54) is 32.1 Å². The fourth-order valence-corrected chi connectivity index (χ4v) is 2.69. The quantitative estimate of drug-likeness (QED) is 0.757. The Bertz CT molecular complexity index is 124. The van der Waals surface area contributed by atoms with Crippen LogP contribution < -0.4 is 5.73 Å². The second-order valence-electron chi connectivity index (χ2n) is 3.88. The lowest BCUT2D eigenvalue weighted by Gasteiger charge is -2.15. The summed E-state index contributed by atoms with van der Waals surface area (Å²) in [4.78, 5) is 0.